The predicted octanol–water partition coefficient (Wildman–Crippen LogP) is 3.18. The Morgan fingerprint density at radius 1 is 1.04 bits per heavy atom. The maximum absolute atomic E-state index is 12.4. The van der Waals surface area contributed by atoms with Crippen molar-refractivity contribution in [3.63, 3.8) is 0 Å². The van der Waals surface area contributed by atoms with Crippen LogP contribution in [0.25, 0.3) is 0 Å². The first-order valence-electron chi connectivity index (χ1n) is 8.64. The Hall–Kier alpha value is -3.81. The Balaban J connectivity index is 1.76. The van der Waals surface area contributed by atoms with Gasteiger partial charge < -0.3 is 15.8 Å². The van der Waals surface area contributed by atoms with Crippen LogP contribution in [0.15, 0.2) is 48.8 Å². The minimum atomic E-state index is -0.375. The SMILES string of the molecule is COc1ccccc1C(=O)NNc1ncnc(Nc2cccc(C)c2C)c1N. The maximum atomic E-state index is 12.4. The molecule has 0 saturated heterocycles. The summed E-state index contributed by atoms with van der Waals surface area (Å²) < 4.78 is 5.20. The highest BCUT2D eigenvalue weighted by molar-refractivity contribution is 5.97. The zero-order chi connectivity index (χ0) is 20.1. The highest BCUT2D eigenvalue weighted by Gasteiger charge is 2.14. The molecule has 2 aromatic carbocycles. The number of para-hydroxylation sites is 1. The van der Waals surface area contributed by atoms with Crippen LogP contribution in [-0.4, -0.2) is 23.0 Å². The van der Waals surface area contributed by atoms with E-state index in [9.17, 15) is 4.79 Å². The van der Waals surface area contributed by atoms with Crippen molar-refractivity contribution in [2.45, 2.75) is 13.8 Å². The molecule has 3 rings (SSSR count). The predicted molar refractivity (Wildman–Crippen MR) is 110 cm³/mol. The first kappa shape index (κ1) is 19.0. The monoisotopic (exact) mass is 378 g/mol. The fourth-order valence-electron chi connectivity index (χ4n) is 2.62. The van der Waals surface area contributed by atoms with Crippen molar-refractivity contribution in [1.82, 2.24) is 15.4 Å². The summed E-state index contributed by atoms with van der Waals surface area (Å²) in [5.41, 5.74) is 15.3. The van der Waals surface area contributed by atoms with Gasteiger partial charge in [-0.3, -0.25) is 15.6 Å². The smallest absolute Gasteiger partial charge is 0.273 e. The van der Waals surface area contributed by atoms with Crippen LogP contribution in [0.2, 0.25) is 0 Å². The molecule has 1 amide bonds. The molecular formula is C20H22N6O2. The summed E-state index contributed by atoms with van der Waals surface area (Å²) in [7, 11) is 1.51. The van der Waals surface area contributed by atoms with E-state index in [1.807, 2.05) is 32.0 Å². The molecule has 28 heavy (non-hydrogen) atoms. The molecule has 0 spiro atoms. The first-order valence-corrected chi connectivity index (χ1v) is 8.64. The van der Waals surface area contributed by atoms with Gasteiger partial charge in [-0.1, -0.05) is 24.3 Å². The van der Waals surface area contributed by atoms with E-state index in [-0.39, 0.29) is 17.4 Å². The lowest BCUT2D eigenvalue weighted by Crippen LogP contribution is -2.30. The van der Waals surface area contributed by atoms with Crippen LogP contribution in [0, 0.1) is 13.8 Å². The number of hydrogen-bond acceptors (Lipinski definition) is 7. The first-order chi connectivity index (χ1) is 13.5. The molecule has 0 unspecified atom stereocenters. The van der Waals surface area contributed by atoms with E-state index in [2.05, 4.69) is 26.1 Å². The Labute approximate surface area is 163 Å². The third-order valence-electron chi connectivity index (χ3n) is 4.39. The van der Waals surface area contributed by atoms with Gasteiger partial charge in [0.15, 0.2) is 11.6 Å². The molecular weight excluding hydrogens is 356 g/mol. The summed E-state index contributed by atoms with van der Waals surface area (Å²) in [6, 6.07) is 12.8. The number of nitrogens with zero attached hydrogens (tertiary/aromatic N) is 2. The summed E-state index contributed by atoms with van der Waals surface area (Å²) in [6.07, 6.45) is 1.36. The van der Waals surface area contributed by atoms with Crippen LogP contribution in [0.3, 0.4) is 0 Å². The molecule has 0 aliphatic heterocycles. The number of nitrogen functional groups attached to an aromatic ring is 1. The lowest BCUT2D eigenvalue weighted by molar-refractivity contribution is 0.0959. The maximum Gasteiger partial charge on any atom is 0.273 e. The minimum absolute atomic E-state index is 0.281. The fraction of sp³-hybridized carbons (Fsp3) is 0.150. The molecule has 3 aromatic rings. The number of methoxy groups -OCH3 is 1. The zero-order valence-electron chi connectivity index (χ0n) is 15.9. The number of amides is 1. The Bertz CT molecular complexity index is 1010. The van der Waals surface area contributed by atoms with E-state index >= 15 is 0 Å². The zero-order valence-corrected chi connectivity index (χ0v) is 15.9. The van der Waals surface area contributed by atoms with Gasteiger partial charge in [-0.05, 0) is 43.2 Å². The van der Waals surface area contributed by atoms with Gasteiger partial charge in [-0.2, -0.15) is 0 Å². The summed E-state index contributed by atoms with van der Waals surface area (Å²) in [6.45, 7) is 4.05. The Morgan fingerprint density at radius 3 is 2.57 bits per heavy atom. The molecule has 0 fully saturated rings. The van der Waals surface area contributed by atoms with Crippen molar-refractivity contribution in [1.29, 1.82) is 0 Å². The number of aryl methyl sites for hydroxylation is 1. The van der Waals surface area contributed by atoms with Crippen molar-refractivity contribution in [3.8, 4) is 5.75 Å². The van der Waals surface area contributed by atoms with Crippen LogP contribution in [0.1, 0.15) is 21.5 Å². The number of anilines is 4. The Kier molecular flexibility index (Phi) is 5.59. The highest BCUT2D eigenvalue weighted by Crippen LogP contribution is 2.28. The van der Waals surface area contributed by atoms with E-state index in [1.165, 1.54) is 13.4 Å². The summed E-state index contributed by atoms with van der Waals surface area (Å²) in [5.74, 6) is 0.818. The summed E-state index contributed by atoms with van der Waals surface area (Å²) >= 11 is 0. The molecule has 0 bridgehead atoms. The Morgan fingerprint density at radius 2 is 1.79 bits per heavy atom. The van der Waals surface area contributed by atoms with Crippen molar-refractivity contribution in [3.05, 3.63) is 65.5 Å². The molecule has 0 saturated carbocycles. The molecule has 0 aliphatic rings. The number of ether oxygens (including phenoxy) is 1. The van der Waals surface area contributed by atoms with Gasteiger partial charge in [0.05, 0.1) is 12.7 Å². The van der Waals surface area contributed by atoms with Crippen molar-refractivity contribution in [2.24, 2.45) is 0 Å². The van der Waals surface area contributed by atoms with E-state index in [0.717, 1.165) is 16.8 Å². The van der Waals surface area contributed by atoms with Crippen molar-refractivity contribution >= 4 is 28.9 Å². The third kappa shape index (κ3) is 3.96. The minimum Gasteiger partial charge on any atom is -0.496 e. The molecule has 8 heteroatoms. The van der Waals surface area contributed by atoms with Crippen LogP contribution in [-0.2, 0) is 0 Å². The average Bonchev–Trinajstić information content (AvgIpc) is 2.71. The van der Waals surface area contributed by atoms with Crippen LogP contribution in [0.4, 0.5) is 23.0 Å². The number of aromatic nitrogens is 2. The molecule has 0 aliphatic carbocycles. The van der Waals surface area contributed by atoms with E-state index < -0.39 is 0 Å². The second-order valence-electron chi connectivity index (χ2n) is 6.14. The highest BCUT2D eigenvalue weighted by atomic mass is 16.5. The number of carbonyl (C=O) groups excluding carboxylic acids is 1. The largest absolute Gasteiger partial charge is 0.496 e. The molecule has 0 radical (unpaired) electrons. The second-order valence-corrected chi connectivity index (χ2v) is 6.14. The third-order valence-corrected chi connectivity index (χ3v) is 4.39. The van der Waals surface area contributed by atoms with Crippen LogP contribution >= 0.6 is 0 Å². The van der Waals surface area contributed by atoms with Gasteiger partial charge in [-0.15, -0.1) is 0 Å². The number of hydrazine groups is 1. The lowest BCUT2D eigenvalue weighted by atomic mass is 10.1. The molecule has 1 aromatic heterocycles. The van der Waals surface area contributed by atoms with Gasteiger partial charge >= 0.3 is 0 Å². The van der Waals surface area contributed by atoms with Crippen molar-refractivity contribution < 1.29 is 9.53 Å². The molecule has 0 atom stereocenters. The number of hydrogen-bond donors (Lipinski definition) is 4. The molecule has 8 nitrogen and oxygen atoms in total. The van der Waals surface area contributed by atoms with Crippen LogP contribution < -0.4 is 26.6 Å². The van der Waals surface area contributed by atoms with Gasteiger partial charge in [0.25, 0.3) is 5.91 Å². The fourth-order valence-corrected chi connectivity index (χ4v) is 2.62. The van der Waals surface area contributed by atoms with Crippen molar-refractivity contribution in [2.75, 3.05) is 23.6 Å². The second kappa shape index (κ2) is 8.26. The number of benzene rings is 2. The van der Waals surface area contributed by atoms with Gasteiger partial charge in [0.1, 0.15) is 17.8 Å². The van der Waals surface area contributed by atoms with Gasteiger partial charge in [0.2, 0.25) is 0 Å². The molecule has 1 heterocycles. The number of rotatable bonds is 6. The average molecular weight is 378 g/mol. The van der Waals surface area contributed by atoms with Gasteiger partial charge in [-0.25, -0.2) is 9.97 Å². The lowest BCUT2D eigenvalue weighted by Gasteiger charge is -2.15. The summed E-state index contributed by atoms with van der Waals surface area (Å²) in [5, 5.41) is 3.21. The quantitative estimate of drug-likeness (QED) is 0.487. The normalized spacial score (nSPS) is 10.2. The summed E-state index contributed by atoms with van der Waals surface area (Å²) in [4.78, 5) is 20.7. The number of carbonyl (C=O) groups is 1. The van der Waals surface area contributed by atoms with E-state index in [0.29, 0.717) is 17.1 Å². The van der Waals surface area contributed by atoms with E-state index in [1.54, 1.807) is 24.3 Å². The molecule has 144 valence electrons. The van der Waals surface area contributed by atoms with E-state index in [4.69, 9.17) is 10.5 Å². The van der Waals surface area contributed by atoms with Crippen LogP contribution in [0.5, 0.6) is 5.75 Å². The molecule has 5 N–H and O–H groups in total. The topological polar surface area (TPSA) is 114 Å². The number of nitrogens with two attached hydrogens (primary N) is 1. The number of nitrogens with one attached hydrogen (secondary N) is 3. The van der Waals surface area contributed by atoms with Gasteiger partial charge in [0, 0.05) is 5.69 Å². The standard InChI is InChI=1S/C20H22N6O2/c1-12-7-6-9-15(13(12)2)24-18-17(21)19(23-11-22-18)25-26-20(27)14-8-4-5-10-16(14)28-3/h4-11H,21H2,1-3H3,(H,26,27)(H2,22,23,24,25).